The van der Waals surface area contributed by atoms with Gasteiger partial charge in [-0.1, -0.05) is 23.9 Å². The minimum Gasteiger partial charge on any atom is -0.324 e. The first-order chi connectivity index (χ1) is 9.65. The highest BCUT2D eigenvalue weighted by Crippen LogP contribution is 2.31. The van der Waals surface area contributed by atoms with Gasteiger partial charge in [-0.15, -0.1) is 0 Å². The Labute approximate surface area is 125 Å². The zero-order chi connectivity index (χ0) is 14.4. The number of alkyl halides is 2. The van der Waals surface area contributed by atoms with E-state index in [2.05, 4.69) is 10.2 Å². The molecule has 1 fully saturated rings. The Morgan fingerprint density at radius 2 is 2.05 bits per heavy atom. The number of hydrogen-bond acceptors (Lipinski definition) is 4. The molecule has 0 atom stereocenters. The van der Waals surface area contributed by atoms with Gasteiger partial charge in [0.25, 0.3) is 5.76 Å². The number of benzene rings is 1. The number of halogens is 2. The molecule has 0 radical (unpaired) electrons. The number of carbonyl (C=O) groups excluding carboxylic acids is 1. The number of anilines is 1. The summed E-state index contributed by atoms with van der Waals surface area (Å²) >= 11 is 2.33. The average Bonchev–Trinajstić information content (AvgIpc) is 2.41. The monoisotopic (exact) mass is 318 g/mol. The third kappa shape index (κ3) is 4.96. The molecule has 0 unspecified atom stereocenters. The van der Waals surface area contributed by atoms with Gasteiger partial charge >= 0.3 is 0 Å². The fraction of sp³-hybridized carbons (Fsp3) is 0.462. The quantitative estimate of drug-likeness (QED) is 0.846. The van der Waals surface area contributed by atoms with Crippen molar-refractivity contribution < 1.29 is 13.6 Å². The first-order valence-corrected chi connectivity index (χ1v) is 8.32. The molecule has 1 amide bonds. The number of nitrogens with zero attached hydrogens (tertiary/aromatic N) is 1. The van der Waals surface area contributed by atoms with Crippen molar-refractivity contribution in [2.45, 2.75) is 10.7 Å². The van der Waals surface area contributed by atoms with E-state index < -0.39 is 5.76 Å². The molecule has 1 N–H and O–H groups in total. The van der Waals surface area contributed by atoms with Crippen LogP contribution in [0.2, 0.25) is 0 Å². The second kappa shape index (κ2) is 7.85. The van der Waals surface area contributed by atoms with Crippen molar-refractivity contribution in [3.63, 3.8) is 0 Å². The second-order valence-corrected chi connectivity index (χ2v) is 6.57. The Kier molecular flexibility index (Phi) is 6.12. The molecule has 110 valence electrons. The molecule has 3 nitrogen and oxygen atoms in total. The van der Waals surface area contributed by atoms with E-state index in [-0.39, 0.29) is 5.91 Å². The maximum Gasteiger partial charge on any atom is 0.288 e. The lowest BCUT2D eigenvalue weighted by atomic mass is 10.3. The van der Waals surface area contributed by atoms with Gasteiger partial charge in [-0.3, -0.25) is 9.69 Å². The van der Waals surface area contributed by atoms with Crippen molar-refractivity contribution in [2.24, 2.45) is 0 Å². The third-order valence-electron chi connectivity index (χ3n) is 2.85. The summed E-state index contributed by atoms with van der Waals surface area (Å²) in [5, 5.41) is 2.72. The van der Waals surface area contributed by atoms with Gasteiger partial charge in [-0.2, -0.15) is 20.5 Å². The van der Waals surface area contributed by atoms with Crippen molar-refractivity contribution in [1.29, 1.82) is 0 Å². The van der Waals surface area contributed by atoms with E-state index in [4.69, 9.17) is 0 Å². The van der Waals surface area contributed by atoms with Crippen molar-refractivity contribution in [2.75, 3.05) is 36.5 Å². The summed E-state index contributed by atoms with van der Waals surface area (Å²) in [4.78, 5) is 14.4. The van der Waals surface area contributed by atoms with E-state index in [1.54, 1.807) is 24.3 Å². The van der Waals surface area contributed by atoms with Crippen LogP contribution in [0.3, 0.4) is 0 Å². The number of nitrogens with one attached hydrogen (secondary N) is 1. The number of hydrogen-bond donors (Lipinski definition) is 1. The van der Waals surface area contributed by atoms with Crippen molar-refractivity contribution >= 4 is 35.1 Å². The Balaban J connectivity index is 1.93. The first kappa shape index (κ1) is 15.6. The zero-order valence-corrected chi connectivity index (χ0v) is 12.5. The van der Waals surface area contributed by atoms with Crippen LogP contribution in [0.5, 0.6) is 0 Å². The fourth-order valence-electron chi connectivity index (χ4n) is 1.92. The Morgan fingerprint density at radius 1 is 1.35 bits per heavy atom. The maximum absolute atomic E-state index is 12.5. The summed E-state index contributed by atoms with van der Waals surface area (Å²) in [7, 11) is 0. The molecule has 1 heterocycles. The standard InChI is InChI=1S/C13H16F2N2OS2/c14-13(15)20-11-4-2-1-3-10(11)16-12(18)9-17-5-7-19-8-6-17/h1-4,13H,5-9H2,(H,16,18). The van der Waals surface area contributed by atoms with Crippen LogP contribution in [0.15, 0.2) is 29.2 Å². The smallest absolute Gasteiger partial charge is 0.288 e. The molecule has 0 aromatic heterocycles. The molecule has 0 aliphatic carbocycles. The summed E-state index contributed by atoms with van der Waals surface area (Å²) in [6.07, 6.45) is 0. The van der Waals surface area contributed by atoms with Gasteiger partial charge in [-0.05, 0) is 12.1 Å². The SMILES string of the molecule is O=C(CN1CCSCC1)Nc1ccccc1SC(F)F. The predicted molar refractivity (Wildman–Crippen MR) is 80.7 cm³/mol. The Morgan fingerprint density at radius 3 is 2.75 bits per heavy atom. The Hall–Kier alpha value is -0.790. The number of carbonyl (C=O) groups is 1. The number of amides is 1. The lowest BCUT2D eigenvalue weighted by Gasteiger charge is -2.25. The zero-order valence-electron chi connectivity index (χ0n) is 10.9. The van der Waals surface area contributed by atoms with Crippen molar-refractivity contribution in [3.8, 4) is 0 Å². The van der Waals surface area contributed by atoms with Crippen LogP contribution >= 0.6 is 23.5 Å². The summed E-state index contributed by atoms with van der Waals surface area (Å²) < 4.78 is 24.9. The number of para-hydroxylation sites is 1. The average molecular weight is 318 g/mol. The van der Waals surface area contributed by atoms with E-state index in [9.17, 15) is 13.6 Å². The molecule has 20 heavy (non-hydrogen) atoms. The molecular formula is C13H16F2N2OS2. The molecule has 1 aliphatic rings. The van der Waals surface area contributed by atoms with Crippen LogP contribution in [0.25, 0.3) is 0 Å². The molecule has 1 saturated heterocycles. The lowest BCUT2D eigenvalue weighted by molar-refractivity contribution is -0.117. The van der Waals surface area contributed by atoms with Gasteiger partial charge in [0.2, 0.25) is 5.91 Å². The fourth-order valence-corrected chi connectivity index (χ4v) is 3.49. The third-order valence-corrected chi connectivity index (χ3v) is 4.58. The molecule has 1 aromatic rings. The molecule has 7 heteroatoms. The Bertz CT molecular complexity index is 454. The normalized spacial score (nSPS) is 16.4. The summed E-state index contributed by atoms with van der Waals surface area (Å²) in [5.41, 5.74) is 0.453. The molecule has 0 spiro atoms. The van der Waals surface area contributed by atoms with E-state index >= 15 is 0 Å². The summed E-state index contributed by atoms with van der Waals surface area (Å²) in [6.45, 7) is 2.10. The van der Waals surface area contributed by atoms with Crippen molar-refractivity contribution in [3.05, 3.63) is 24.3 Å². The molecule has 0 bridgehead atoms. The van der Waals surface area contributed by atoms with Gasteiger partial charge in [0.15, 0.2) is 0 Å². The highest BCUT2D eigenvalue weighted by Gasteiger charge is 2.16. The van der Waals surface area contributed by atoms with E-state index in [0.29, 0.717) is 28.9 Å². The van der Waals surface area contributed by atoms with E-state index in [1.165, 1.54) is 0 Å². The van der Waals surface area contributed by atoms with E-state index in [1.807, 2.05) is 11.8 Å². The van der Waals surface area contributed by atoms with Gasteiger partial charge in [0.05, 0.1) is 12.2 Å². The van der Waals surface area contributed by atoms with Crippen molar-refractivity contribution in [1.82, 2.24) is 4.90 Å². The van der Waals surface area contributed by atoms with Gasteiger partial charge in [0.1, 0.15) is 0 Å². The molecule has 1 aromatic carbocycles. The molecule has 1 aliphatic heterocycles. The highest BCUT2D eigenvalue weighted by atomic mass is 32.2. The minimum atomic E-state index is -2.49. The highest BCUT2D eigenvalue weighted by molar-refractivity contribution is 7.99. The lowest BCUT2D eigenvalue weighted by Crippen LogP contribution is -2.38. The largest absolute Gasteiger partial charge is 0.324 e. The molecule has 0 saturated carbocycles. The van der Waals surface area contributed by atoms with Gasteiger partial charge in [0, 0.05) is 29.5 Å². The number of rotatable bonds is 5. The summed E-state index contributed by atoms with van der Waals surface area (Å²) in [6, 6.07) is 6.64. The van der Waals surface area contributed by atoms with Crippen LogP contribution in [0, 0.1) is 0 Å². The summed E-state index contributed by atoms with van der Waals surface area (Å²) in [5.74, 6) is -0.581. The van der Waals surface area contributed by atoms with Crippen LogP contribution < -0.4 is 5.32 Å². The molecular weight excluding hydrogens is 302 g/mol. The van der Waals surface area contributed by atoms with Gasteiger partial charge in [-0.25, -0.2) is 0 Å². The second-order valence-electron chi connectivity index (χ2n) is 4.31. The van der Waals surface area contributed by atoms with Crippen LogP contribution in [-0.2, 0) is 4.79 Å². The van der Waals surface area contributed by atoms with Crippen LogP contribution in [0.1, 0.15) is 0 Å². The maximum atomic E-state index is 12.5. The van der Waals surface area contributed by atoms with Gasteiger partial charge < -0.3 is 5.32 Å². The minimum absolute atomic E-state index is 0.154. The van der Waals surface area contributed by atoms with Crippen LogP contribution in [0.4, 0.5) is 14.5 Å². The van der Waals surface area contributed by atoms with E-state index in [0.717, 1.165) is 24.6 Å². The molecule has 2 rings (SSSR count). The topological polar surface area (TPSA) is 32.3 Å². The van der Waals surface area contributed by atoms with Crippen LogP contribution in [-0.4, -0.2) is 47.7 Å². The first-order valence-electron chi connectivity index (χ1n) is 6.29. The predicted octanol–water partition coefficient (Wildman–Crippen LogP) is 2.99. The number of thioether (sulfide) groups is 2.